The van der Waals surface area contributed by atoms with Gasteiger partial charge in [-0.3, -0.25) is 16.0 Å². The highest BCUT2D eigenvalue weighted by atomic mass is 16.7. The van der Waals surface area contributed by atoms with Crippen LogP contribution in [0.25, 0.3) is 0 Å². The third-order valence-corrected chi connectivity index (χ3v) is 6.45. The largest absolute Gasteiger partial charge is 0.495 e. The topological polar surface area (TPSA) is 163 Å². The maximum absolute atomic E-state index is 13.2. The standard InChI is InChI=1S/C30H33N3O10/c1-18-11-10-16-21(38-2)23(18)33-30(37)41-24-22(17-34)40-27(39-3)26(43-29(36)32-20-14-8-5-9-15-20)25(24)42-28(35)31-19-12-6-4-7-13-19/h4-16,22,24-27,34H,17H2,1-3H3,(H,31,35)(H,32,36)(H,33,37)/t22-,24-,25+,26+,27+/m1/s1. The number of benzene rings is 3. The molecular weight excluding hydrogens is 562 g/mol. The molecule has 3 amide bonds. The van der Waals surface area contributed by atoms with Gasteiger partial charge in [0.2, 0.25) is 0 Å². The molecule has 0 radical (unpaired) electrons. The van der Waals surface area contributed by atoms with Gasteiger partial charge in [0.25, 0.3) is 0 Å². The molecule has 0 aliphatic carbocycles. The predicted octanol–water partition coefficient (Wildman–Crippen LogP) is 4.52. The van der Waals surface area contributed by atoms with Gasteiger partial charge in [-0.1, -0.05) is 48.5 Å². The van der Waals surface area contributed by atoms with Crippen molar-refractivity contribution < 1.29 is 47.9 Å². The molecule has 0 aromatic heterocycles. The number of amides is 3. The summed E-state index contributed by atoms with van der Waals surface area (Å²) in [5, 5.41) is 17.9. The van der Waals surface area contributed by atoms with E-state index < -0.39 is 55.6 Å². The fraction of sp³-hybridized carbons (Fsp3) is 0.300. The molecule has 3 aromatic carbocycles. The highest BCUT2D eigenvalue weighted by Gasteiger charge is 2.53. The molecule has 1 fully saturated rings. The normalized spacial score (nSPS) is 21.2. The van der Waals surface area contributed by atoms with Gasteiger partial charge in [0.05, 0.1) is 19.4 Å². The molecule has 0 spiro atoms. The molecule has 13 heteroatoms. The van der Waals surface area contributed by atoms with Gasteiger partial charge in [-0.05, 0) is 42.8 Å². The number of nitrogens with one attached hydrogen (secondary N) is 3. The average Bonchev–Trinajstić information content (AvgIpc) is 3.00. The number of hydrogen-bond donors (Lipinski definition) is 4. The van der Waals surface area contributed by atoms with E-state index in [1.54, 1.807) is 85.8 Å². The van der Waals surface area contributed by atoms with Gasteiger partial charge in [-0.2, -0.15) is 0 Å². The lowest BCUT2D eigenvalue weighted by Gasteiger charge is -2.43. The first-order valence-electron chi connectivity index (χ1n) is 13.3. The summed E-state index contributed by atoms with van der Waals surface area (Å²) in [5.41, 5.74) is 1.88. The van der Waals surface area contributed by atoms with Crippen LogP contribution in [0, 0.1) is 6.92 Å². The van der Waals surface area contributed by atoms with Crippen molar-refractivity contribution in [2.45, 2.75) is 37.6 Å². The second kappa shape index (κ2) is 14.9. The highest BCUT2D eigenvalue weighted by molar-refractivity contribution is 5.88. The van der Waals surface area contributed by atoms with Crippen LogP contribution in [-0.2, 0) is 23.7 Å². The molecule has 0 unspecified atom stereocenters. The first-order valence-corrected chi connectivity index (χ1v) is 13.3. The van der Waals surface area contributed by atoms with Gasteiger partial charge in [-0.25, -0.2) is 14.4 Å². The summed E-state index contributed by atoms with van der Waals surface area (Å²) in [4.78, 5) is 39.1. The third kappa shape index (κ3) is 8.13. The van der Waals surface area contributed by atoms with Crippen LogP contribution in [-0.4, -0.2) is 74.9 Å². The minimum absolute atomic E-state index is 0.344. The molecular formula is C30H33N3O10. The number of aliphatic hydroxyl groups excluding tert-OH is 1. The second-order valence-corrected chi connectivity index (χ2v) is 9.33. The Bertz CT molecular complexity index is 1380. The molecule has 43 heavy (non-hydrogen) atoms. The molecule has 0 bridgehead atoms. The number of rotatable bonds is 9. The number of hydrogen-bond acceptors (Lipinski definition) is 10. The molecule has 1 aliphatic rings. The van der Waals surface area contributed by atoms with Crippen LogP contribution in [0.3, 0.4) is 0 Å². The Hall–Kier alpha value is -4.85. The van der Waals surface area contributed by atoms with Crippen LogP contribution in [0.4, 0.5) is 31.4 Å². The Labute approximate surface area is 248 Å². The van der Waals surface area contributed by atoms with Gasteiger partial charge in [-0.15, -0.1) is 0 Å². The van der Waals surface area contributed by atoms with E-state index >= 15 is 0 Å². The Kier molecular flexibility index (Phi) is 10.7. The van der Waals surface area contributed by atoms with Crippen molar-refractivity contribution >= 4 is 35.3 Å². The average molecular weight is 596 g/mol. The predicted molar refractivity (Wildman–Crippen MR) is 155 cm³/mol. The fourth-order valence-electron chi connectivity index (χ4n) is 4.43. The van der Waals surface area contributed by atoms with Crippen molar-refractivity contribution in [2.24, 2.45) is 0 Å². The van der Waals surface area contributed by atoms with Crippen molar-refractivity contribution in [3.8, 4) is 5.75 Å². The summed E-state index contributed by atoms with van der Waals surface area (Å²) in [6.45, 7) is 1.10. The van der Waals surface area contributed by atoms with Crippen molar-refractivity contribution in [1.29, 1.82) is 0 Å². The molecule has 13 nitrogen and oxygen atoms in total. The van der Waals surface area contributed by atoms with Gasteiger partial charge >= 0.3 is 18.3 Å². The van der Waals surface area contributed by atoms with E-state index in [0.717, 1.165) is 0 Å². The molecule has 0 saturated carbocycles. The Balaban J connectivity index is 1.62. The zero-order valence-corrected chi connectivity index (χ0v) is 23.7. The van der Waals surface area contributed by atoms with Gasteiger partial charge < -0.3 is 33.5 Å². The maximum Gasteiger partial charge on any atom is 0.412 e. The van der Waals surface area contributed by atoms with E-state index in [1.807, 2.05) is 0 Å². The number of carbonyl (C=O) groups excluding carboxylic acids is 3. The van der Waals surface area contributed by atoms with Crippen molar-refractivity contribution in [2.75, 3.05) is 36.8 Å². The first-order chi connectivity index (χ1) is 20.8. The quantitative estimate of drug-likeness (QED) is 0.259. The van der Waals surface area contributed by atoms with Gasteiger partial charge in [0.15, 0.2) is 24.6 Å². The molecule has 4 N–H and O–H groups in total. The number of ether oxygens (including phenoxy) is 6. The second-order valence-electron chi connectivity index (χ2n) is 9.33. The van der Waals surface area contributed by atoms with E-state index in [4.69, 9.17) is 28.4 Å². The number of aliphatic hydroxyl groups is 1. The summed E-state index contributed by atoms with van der Waals surface area (Å²) in [6.07, 6.45) is -9.78. The zero-order chi connectivity index (χ0) is 30.8. The zero-order valence-electron chi connectivity index (χ0n) is 23.7. The summed E-state index contributed by atoms with van der Waals surface area (Å²) >= 11 is 0. The Morgan fingerprint density at radius 2 is 1.26 bits per heavy atom. The Morgan fingerprint density at radius 1 is 0.721 bits per heavy atom. The number of anilines is 3. The monoisotopic (exact) mass is 595 g/mol. The van der Waals surface area contributed by atoms with Gasteiger partial charge in [0, 0.05) is 18.5 Å². The highest BCUT2D eigenvalue weighted by Crippen LogP contribution is 2.31. The number of carbonyl (C=O) groups is 3. The van der Waals surface area contributed by atoms with Crippen LogP contribution in [0.5, 0.6) is 5.75 Å². The van der Waals surface area contributed by atoms with E-state index in [9.17, 15) is 19.5 Å². The summed E-state index contributed by atoms with van der Waals surface area (Å²) in [7, 11) is 2.73. The van der Waals surface area contributed by atoms with E-state index in [2.05, 4.69) is 16.0 Å². The van der Waals surface area contributed by atoms with Crippen LogP contribution in [0.1, 0.15) is 5.56 Å². The fourth-order valence-corrected chi connectivity index (χ4v) is 4.43. The SMILES string of the molecule is COc1cccc(C)c1NC(=O)O[C@H]1[C@H](OC(=O)Nc2ccccc2)[C@H](OC(=O)Nc2ccccc2)[C@@H](OC)O[C@@H]1CO. The molecule has 5 atom stereocenters. The summed E-state index contributed by atoms with van der Waals surface area (Å²) < 4.78 is 33.5. The molecule has 1 heterocycles. The molecule has 1 aliphatic heterocycles. The number of methoxy groups -OCH3 is 2. The van der Waals surface area contributed by atoms with Crippen LogP contribution in [0.2, 0.25) is 0 Å². The lowest BCUT2D eigenvalue weighted by atomic mass is 9.98. The van der Waals surface area contributed by atoms with E-state index in [-0.39, 0.29) is 0 Å². The number of aryl methyl sites for hydroxylation is 1. The molecule has 3 aromatic rings. The smallest absolute Gasteiger partial charge is 0.412 e. The van der Waals surface area contributed by atoms with Crippen molar-refractivity contribution in [1.82, 2.24) is 0 Å². The first kappa shape index (κ1) is 31.1. The van der Waals surface area contributed by atoms with Crippen LogP contribution < -0.4 is 20.7 Å². The summed E-state index contributed by atoms with van der Waals surface area (Å²) in [5.74, 6) is 0.379. The third-order valence-electron chi connectivity index (χ3n) is 6.45. The maximum atomic E-state index is 13.2. The van der Waals surface area contributed by atoms with Crippen LogP contribution >= 0.6 is 0 Å². The number of para-hydroxylation sites is 3. The molecule has 228 valence electrons. The minimum Gasteiger partial charge on any atom is -0.495 e. The van der Waals surface area contributed by atoms with Crippen molar-refractivity contribution in [3.05, 3.63) is 84.4 Å². The molecule has 4 rings (SSSR count). The van der Waals surface area contributed by atoms with E-state index in [1.165, 1.54) is 14.2 Å². The molecule has 1 saturated heterocycles. The lowest BCUT2D eigenvalue weighted by molar-refractivity contribution is -0.290. The lowest BCUT2D eigenvalue weighted by Crippen LogP contribution is -2.63. The van der Waals surface area contributed by atoms with Crippen molar-refractivity contribution in [3.63, 3.8) is 0 Å². The van der Waals surface area contributed by atoms with Crippen LogP contribution in [0.15, 0.2) is 78.9 Å². The minimum atomic E-state index is -1.49. The van der Waals surface area contributed by atoms with Gasteiger partial charge in [0.1, 0.15) is 11.9 Å². The van der Waals surface area contributed by atoms with E-state index in [0.29, 0.717) is 28.4 Å². The Morgan fingerprint density at radius 3 is 1.79 bits per heavy atom. The summed E-state index contributed by atoms with van der Waals surface area (Å²) in [6, 6.07) is 22.1.